The normalized spacial score (nSPS) is 17.2. The van der Waals surface area contributed by atoms with Gasteiger partial charge < -0.3 is 10.1 Å². The first-order chi connectivity index (χ1) is 7.93. The summed E-state index contributed by atoms with van der Waals surface area (Å²) in [6.45, 7) is 2.79. The van der Waals surface area contributed by atoms with Crippen LogP contribution in [0.3, 0.4) is 0 Å². The molecule has 0 spiro atoms. The van der Waals surface area contributed by atoms with E-state index in [0.717, 1.165) is 32.5 Å². The average molecular weight is 224 g/mol. The van der Waals surface area contributed by atoms with Gasteiger partial charge in [-0.15, -0.1) is 0 Å². The molecule has 92 valence electrons. The van der Waals surface area contributed by atoms with Crippen LogP contribution in [0.4, 0.5) is 0 Å². The average Bonchev–Trinajstić information content (AvgIpc) is 2.34. The van der Waals surface area contributed by atoms with E-state index in [4.69, 9.17) is 10.00 Å². The number of nitrogens with one attached hydrogen (secondary N) is 1. The third kappa shape index (κ3) is 6.81. The summed E-state index contributed by atoms with van der Waals surface area (Å²) in [6.07, 6.45) is 9.87. The lowest BCUT2D eigenvalue weighted by Gasteiger charge is -2.22. The Balaban J connectivity index is 1.79. The smallest absolute Gasteiger partial charge is 0.0621 e. The van der Waals surface area contributed by atoms with Crippen LogP contribution in [0, 0.1) is 11.3 Å². The van der Waals surface area contributed by atoms with E-state index in [1.807, 2.05) is 0 Å². The molecule has 0 aromatic rings. The number of hydrogen-bond donors (Lipinski definition) is 1. The predicted molar refractivity (Wildman–Crippen MR) is 65.2 cm³/mol. The lowest BCUT2D eigenvalue weighted by molar-refractivity contribution is 0.0304. The quantitative estimate of drug-likeness (QED) is 0.645. The molecule has 0 bridgehead atoms. The summed E-state index contributed by atoms with van der Waals surface area (Å²) >= 11 is 0. The molecular formula is C13H24N2O. The van der Waals surface area contributed by atoms with Gasteiger partial charge in [0.1, 0.15) is 0 Å². The molecule has 3 heteroatoms. The van der Waals surface area contributed by atoms with E-state index in [1.165, 1.54) is 32.1 Å². The first kappa shape index (κ1) is 13.5. The number of rotatable bonds is 8. The van der Waals surface area contributed by atoms with Gasteiger partial charge in [-0.3, -0.25) is 0 Å². The maximum atomic E-state index is 8.36. The van der Waals surface area contributed by atoms with Crippen LogP contribution in [-0.4, -0.2) is 25.8 Å². The first-order valence-electron chi connectivity index (χ1n) is 6.63. The number of hydrogen-bond acceptors (Lipinski definition) is 3. The topological polar surface area (TPSA) is 45.0 Å². The molecule has 0 radical (unpaired) electrons. The van der Waals surface area contributed by atoms with E-state index in [0.29, 0.717) is 12.5 Å². The van der Waals surface area contributed by atoms with E-state index >= 15 is 0 Å². The van der Waals surface area contributed by atoms with Gasteiger partial charge in [0, 0.05) is 13.0 Å². The zero-order chi connectivity index (χ0) is 11.5. The Morgan fingerprint density at radius 2 is 1.94 bits per heavy atom. The third-order valence-electron chi connectivity index (χ3n) is 3.08. The van der Waals surface area contributed by atoms with E-state index in [-0.39, 0.29) is 0 Å². The van der Waals surface area contributed by atoms with Crippen LogP contribution in [0.25, 0.3) is 0 Å². The van der Waals surface area contributed by atoms with Crippen molar-refractivity contribution in [2.45, 2.75) is 57.5 Å². The molecule has 1 saturated carbocycles. The molecule has 1 aliphatic rings. The summed E-state index contributed by atoms with van der Waals surface area (Å²) in [5.41, 5.74) is 0. The van der Waals surface area contributed by atoms with Gasteiger partial charge >= 0.3 is 0 Å². The Labute approximate surface area is 99.2 Å². The Morgan fingerprint density at radius 1 is 1.12 bits per heavy atom. The van der Waals surface area contributed by atoms with Gasteiger partial charge in [-0.1, -0.05) is 19.3 Å². The highest BCUT2D eigenvalue weighted by Crippen LogP contribution is 2.19. The van der Waals surface area contributed by atoms with Crippen molar-refractivity contribution in [3.63, 3.8) is 0 Å². The number of nitriles is 1. The Bertz CT molecular complexity index is 195. The van der Waals surface area contributed by atoms with Gasteiger partial charge in [-0.2, -0.15) is 5.26 Å². The van der Waals surface area contributed by atoms with Crippen molar-refractivity contribution < 1.29 is 4.74 Å². The maximum Gasteiger partial charge on any atom is 0.0621 e. The first-order valence-corrected chi connectivity index (χ1v) is 6.63. The van der Waals surface area contributed by atoms with Crippen LogP contribution in [0.5, 0.6) is 0 Å². The molecule has 0 unspecified atom stereocenters. The van der Waals surface area contributed by atoms with Gasteiger partial charge in [0.05, 0.1) is 18.8 Å². The fraction of sp³-hybridized carbons (Fsp3) is 0.923. The van der Waals surface area contributed by atoms with Gasteiger partial charge in [-0.05, 0) is 32.2 Å². The minimum Gasteiger partial charge on any atom is -0.377 e. The lowest BCUT2D eigenvalue weighted by atomic mass is 9.98. The number of ether oxygens (including phenoxy) is 1. The van der Waals surface area contributed by atoms with Crippen LogP contribution in [0.1, 0.15) is 51.4 Å². The Hall–Kier alpha value is -0.590. The van der Waals surface area contributed by atoms with E-state index in [9.17, 15) is 0 Å². The van der Waals surface area contributed by atoms with Crippen LogP contribution in [-0.2, 0) is 4.74 Å². The Morgan fingerprint density at radius 3 is 2.69 bits per heavy atom. The molecular weight excluding hydrogens is 200 g/mol. The van der Waals surface area contributed by atoms with Gasteiger partial charge in [-0.25, -0.2) is 0 Å². The molecule has 0 atom stereocenters. The van der Waals surface area contributed by atoms with Gasteiger partial charge in [0.15, 0.2) is 0 Å². The highest BCUT2D eigenvalue weighted by molar-refractivity contribution is 4.68. The summed E-state index contributed by atoms with van der Waals surface area (Å²) in [4.78, 5) is 0. The third-order valence-corrected chi connectivity index (χ3v) is 3.08. The summed E-state index contributed by atoms with van der Waals surface area (Å²) in [5.74, 6) is 0. The standard InChI is InChI=1S/C13H24N2O/c14-9-5-2-6-10-15-11-12-16-13-7-3-1-4-8-13/h13,15H,1-8,10-12H2. The Kier molecular flexibility index (Phi) is 8.10. The molecule has 0 heterocycles. The van der Waals surface area contributed by atoms with Crippen molar-refractivity contribution in [2.75, 3.05) is 19.7 Å². The van der Waals surface area contributed by atoms with E-state index in [2.05, 4.69) is 11.4 Å². The highest BCUT2D eigenvalue weighted by atomic mass is 16.5. The van der Waals surface area contributed by atoms with Crippen LogP contribution < -0.4 is 5.32 Å². The van der Waals surface area contributed by atoms with Crippen molar-refractivity contribution >= 4 is 0 Å². The van der Waals surface area contributed by atoms with Crippen molar-refractivity contribution in [2.24, 2.45) is 0 Å². The van der Waals surface area contributed by atoms with Crippen molar-refractivity contribution in [3.05, 3.63) is 0 Å². The summed E-state index contributed by atoms with van der Waals surface area (Å²) < 4.78 is 5.80. The second kappa shape index (κ2) is 9.62. The molecule has 0 aliphatic heterocycles. The fourth-order valence-electron chi connectivity index (χ4n) is 2.11. The fourth-order valence-corrected chi connectivity index (χ4v) is 2.11. The zero-order valence-corrected chi connectivity index (χ0v) is 10.2. The van der Waals surface area contributed by atoms with E-state index < -0.39 is 0 Å². The molecule has 1 fully saturated rings. The van der Waals surface area contributed by atoms with Gasteiger partial charge in [0.25, 0.3) is 0 Å². The second-order valence-corrected chi connectivity index (χ2v) is 4.50. The van der Waals surface area contributed by atoms with Crippen LogP contribution >= 0.6 is 0 Å². The largest absolute Gasteiger partial charge is 0.377 e. The molecule has 1 N–H and O–H groups in total. The summed E-state index contributed by atoms with van der Waals surface area (Å²) in [6, 6.07) is 2.16. The van der Waals surface area contributed by atoms with E-state index in [1.54, 1.807) is 0 Å². The molecule has 16 heavy (non-hydrogen) atoms. The summed E-state index contributed by atoms with van der Waals surface area (Å²) in [5, 5.41) is 11.7. The molecule has 1 aliphatic carbocycles. The van der Waals surface area contributed by atoms with Crippen molar-refractivity contribution in [1.29, 1.82) is 5.26 Å². The molecule has 3 nitrogen and oxygen atoms in total. The van der Waals surface area contributed by atoms with Crippen LogP contribution in [0.15, 0.2) is 0 Å². The molecule has 0 amide bonds. The summed E-state index contributed by atoms with van der Waals surface area (Å²) in [7, 11) is 0. The minimum atomic E-state index is 0.522. The monoisotopic (exact) mass is 224 g/mol. The second-order valence-electron chi connectivity index (χ2n) is 4.50. The van der Waals surface area contributed by atoms with Crippen LogP contribution in [0.2, 0.25) is 0 Å². The highest BCUT2D eigenvalue weighted by Gasteiger charge is 2.12. The van der Waals surface area contributed by atoms with Crippen molar-refractivity contribution in [1.82, 2.24) is 5.32 Å². The van der Waals surface area contributed by atoms with Crippen molar-refractivity contribution in [3.8, 4) is 6.07 Å². The number of nitrogens with zero attached hydrogens (tertiary/aromatic N) is 1. The minimum absolute atomic E-state index is 0.522. The molecule has 0 aromatic heterocycles. The molecule has 0 aromatic carbocycles. The predicted octanol–water partition coefficient (Wildman–Crippen LogP) is 2.62. The number of unbranched alkanes of at least 4 members (excludes halogenated alkanes) is 2. The molecule has 0 saturated heterocycles. The maximum absolute atomic E-state index is 8.36. The lowest BCUT2D eigenvalue weighted by Crippen LogP contribution is -2.25. The van der Waals surface area contributed by atoms with Gasteiger partial charge in [0.2, 0.25) is 0 Å². The molecule has 1 rings (SSSR count). The zero-order valence-electron chi connectivity index (χ0n) is 10.2. The SMILES string of the molecule is N#CCCCCNCCOC1CCCCC1.